The van der Waals surface area contributed by atoms with Gasteiger partial charge in [0.25, 0.3) is 0 Å². The molecule has 3 nitrogen and oxygen atoms in total. The van der Waals surface area contributed by atoms with Gasteiger partial charge >= 0.3 is 0 Å². The number of pyridine rings is 1. The van der Waals surface area contributed by atoms with E-state index >= 15 is 0 Å². The molecule has 1 unspecified atom stereocenters. The molecule has 30 heavy (non-hydrogen) atoms. The molecule has 2 aliphatic rings. The van der Waals surface area contributed by atoms with Gasteiger partial charge in [0.2, 0.25) is 5.91 Å². The minimum Gasteiger partial charge on any atom is -0.342 e. The molecule has 1 aliphatic carbocycles. The van der Waals surface area contributed by atoms with Crippen molar-refractivity contribution in [3.8, 4) is 11.1 Å². The van der Waals surface area contributed by atoms with Gasteiger partial charge in [0.15, 0.2) is 0 Å². The van der Waals surface area contributed by atoms with Crippen LogP contribution in [0.4, 0.5) is 0 Å². The van der Waals surface area contributed by atoms with Crippen LogP contribution in [0.15, 0.2) is 54.7 Å². The van der Waals surface area contributed by atoms with Crippen LogP contribution in [0.2, 0.25) is 5.02 Å². The third kappa shape index (κ3) is 3.72. The lowest BCUT2D eigenvalue weighted by molar-refractivity contribution is -0.134. The van der Waals surface area contributed by atoms with Gasteiger partial charge in [-0.15, -0.1) is 0 Å². The normalized spacial score (nSPS) is 18.5. The molecule has 1 amide bonds. The average molecular weight is 419 g/mol. The van der Waals surface area contributed by atoms with Gasteiger partial charge in [-0.2, -0.15) is 0 Å². The molecule has 2 fully saturated rings. The van der Waals surface area contributed by atoms with Gasteiger partial charge in [-0.1, -0.05) is 61.0 Å². The number of benzene rings is 2. The lowest BCUT2D eigenvalue weighted by Crippen LogP contribution is -2.40. The summed E-state index contributed by atoms with van der Waals surface area (Å²) in [6, 6.07) is 16.9. The highest BCUT2D eigenvalue weighted by molar-refractivity contribution is 6.37. The monoisotopic (exact) mass is 418 g/mol. The van der Waals surface area contributed by atoms with E-state index in [2.05, 4.69) is 53.2 Å². The Labute approximate surface area is 183 Å². The summed E-state index contributed by atoms with van der Waals surface area (Å²) in [5.41, 5.74) is 4.35. The fourth-order valence-corrected chi connectivity index (χ4v) is 5.11. The summed E-state index contributed by atoms with van der Waals surface area (Å²) in [7, 11) is 0. The molecule has 1 saturated heterocycles. The molecule has 2 aromatic carbocycles. The number of likely N-dealkylation sites (tertiary alicyclic amines) is 1. The van der Waals surface area contributed by atoms with Crippen LogP contribution >= 0.6 is 11.6 Å². The van der Waals surface area contributed by atoms with Gasteiger partial charge in [0, 0.05) is 36.2 Å². The van der Waals surface area contributed by atoms with E-state index in [4.69, 9.17) is 11.6 Å². The first-order valence-electron chi connectivity index (χ1n) is 11.0. The molecule has 0 radical (unpaired) electrons. The van der Waals surface area contributed by atoms with Crippen LogP contribution in [0.25, 0.3) is 22.0 Å². The van der Waals surface area contributed by atoms with E-state index in [9.17, 15) is 4.79 Å². The number of hydrogen-bond donors (Lipinski definition) is 0. The third-order valence-electron chi connectivity index (χ3n) is 6.95. The van der Waals surface area contributed by atoms with Crippen molar-refractivity contribution in [2.45, 2.75) is 38.5 Å². The standard InChI is InChI=1S/C26H27ClN2O/c1-17(19-12-15-29(16-13-19)26(30)22-8-9-22)18-4-6-20(7-5-18)23-11-10-21-3-2-14-28-25(21)24(23)27/h2-7,10-11,14,17,19,22H,8-9,12-13,15-16H2,1H3. The Kier molecular flexibility index (Phi) is 5.24. The van der Waals surface area contributed by atoms with E-state index in [1.165, 1.54) is 5.56 Å². The Morgan fingerprint density at radius 3 is 2.47 bits per heavy atom. The highest BCUT2D eigenvalue weighted by Gasteiger charge is 2.35. The summed E-state index contributed by atoms with van der Waals surface area (Å²) in [4.78, 5) is 18.8. The molecule has 5 rings (SSSR count). The number of amides is 1. The summed E-state index contributed by atoms with van der Waals surface area (Å²) in [5, 5.41) is 1.77. The lowest BCUT2D eigenvalue weighted by atomic mass is 9.81. The summed E-state index contributed by atoms with van der Waals surface area (Å²) in [6.07, 6.45) is 6.18. The van der Waals surface area contributed by atoms with Crippen molar-refractivity contribution < 1.29 is 4.79 Å². The van der Waals surface area contributed by atoms with Gasteiger partial charge < -0.3 is 4.90 Å². The van der Waals surface area contributed by atoms with Gasteiger partial charge in [-0.3, -0.25) is 9.78 Å². The summed E-state index contributed by atoms with van der Waals surface area (Å²) in [6.45, 7) is 4.16. The Morgan fingerprint density at radius 2 is 1.77 bits per heavy atom. The molecule has 154 valence electrons. The summed E-state index contributed by atoms with van der Waals surface area (Å²) >= 11 is 6.67. The fraction of sp³-hybridized carbons (Fsp3) is 0.385. The summed E-state index contributed by atoms with van der Waals surface area (Å²) in [5.74, 6) is 1.86. The molecule has 0 spiro atoms. The van der Waals surface area contributed by atoms with E-state index in [-0.39, 0.29) is 0 Å². The molecule has 1 atom stereocenters. The molecule has 2 heterocycles. The molecule has 1 aliphatic heterocycles. The second-order valence-electron chi connectivity index (χ2n) is 8.85. The first-order valence-corrected chi connectivity index (χ1v) is 11.4. The van der Waals surface area contributed by atoms with E-state index in [1.54, 1.807) is 6.20 Å². The molecule has 1 aromatic heterocycles. The zero-order chi connectivity index (χ0) is 20.7. The quantitative estimate of drug-likeness (QED) is 0.497. The van der Waals surface area contributed by atoms with Crippen LogP contribution in [0, 0.1) is 11.8 Å². The highest BCUT2D eigenvalue weighted by Crippen LogP contribution is 2.37. The van der Waals surface area contributed by atoms with E-state index in [1.807, 2.05) is 12.1 Å². The zero-order valence-corrected chi connectivity index (χ0v) is 18.1. The van der Waals surface area contributed by atoms with Crippen LogP contribution in [0.1, 0.15) is 44.1 Å². The molecule has 3 aromatic rings. The minimum absolute atomic E-state index is 0.337. The van der Waals surface area contributed by atoms with Gasteiger partial charge in [-0.05, 0) is 54.7 Å². The van der Waals surface area contributed by atoms with E-state index in [0.29, 0.717) is 28.7 Å². The summed E-state index contributed by atoms with van der Waals surface area (Å²) < 4.78 is 0. The number of carbonyl (C=O) groups excluding carboxylic acids is 1. The van der Waals surface area contributed by atoms with Crippen molar-refractivity contribution in [2.75, 3.05) is 13.1 Å². The van der Waals surface area contributed by atoms with E-state index in [0.717, 1.165) is 60.8 Å². The fourth-order valence-electron chi connectivity index (χ4n) is 4.78. The average Bonchev–Trinajstić information content (AvgIpc) is 3.64. The molecular formula is C26H27ClN2O. The number of piperidine rings is 1. The van der Waals surface area contributed by atoms with Crippen molar-refractivity contribution >= 4 is 28.4 Å². The number of fused-ring (bicyclic) bond motifs is 1. The van der Waals surface area contributed by atoms with Gasteiger partial charge in [0.1, 0.15) is 0 Å². The molecular weight excluding hydrogens is 392 g/mol. The first kappa shape index (κ1) is 19.6. The largest absolute Gasteiger partial charge is 0.342 e. The van der Waals surface area contributed by atoms with E-state index < -0.39 is 0 Å². The van der Waals surface area contributed by atoms with Crippen LogP contribution in [-0.4, -0.2) is 28.9 Å². The van der Waals surface area contributed by atoms with Crippen molar-refractivity contribution in [1.82, 2.24) is 9.88 Å². The topological polar surface area (TPSA) is 33.2 Å². The lowest BCUT2D eigenvalue weighted by Gasteiger charge is -2.35. The molecule has 4 heteroatoms. The zero-order valence-electron chi connectivity index (χ0n) is 17.4. The van der Waals surface area contributed by atoms with Crippen molar-refractivity contribution in [3.05, 3.63) is 65.3 Å². The van der Waals surface area contributed by atoms with Gasteiger partial charge in [0.05, 0.1) is 10.5 Å². The number of aromatic nitrogens is 1. The predicted octanol–water partition coefficient (Wildman–Crippen LogP) is 6.31. The Bertz CT molecular complexity index is 1070. The van der Waals surface area contributed by atoms with Crippen LogP contribution < -0.4 is 0 Å². The maximum atomic E-state index is 12.3. The number of hydrogen-bond acceptors (Lipinski definition) is 2. The molecule has 1 saturated carbocycles. The maximum absolute atomic E-state index is 12.3. The Hall–Kier alpha value is -2.39. The second kappa shape index (κ2) is 8.03. The van der Waals surface area contributed by atoms with Gasteiger partial charge in [-0.25, -0.2) is 0 Å². The van der Waals surface area contributed by atoms with Crippen LogP contribution in [-0.2, 0) is 4.79 Å². The smallest absolute Gasteiger partial charge is 0.225 e. The number of nitrogens with zero attached hydrogens (tertiary/aromatic N) is 2. The first-order chi connectivity index (χ1) is 14.6. The van der Waals surface area contributed by atoms with Crippen molar-refractivity contribution in [1.29, 1.82) is 0 Å². The molecule has 0 bridgehead atoms. The number of carbonyl (C=O) groups is 1. The number of rotatable bonds is 4. The predicted molar refractivity (Wildman–Crippen MR) is 123 cm³/mol. The van der Waals surface area contributed by atoms with Crippen LogP contribution in [0.3, 0.4) is 0 Å². The van der Waals surface area contributed by atoms with Crippen molar-refractivity contribution in [2.24, 2.45) is 11.8 Å². The third-order valence-corrected chi connectivity index (χ3v) is 7.33. The highest BCUT2D eigenvalue weighted by atomic mass is 35.5. The minimum atomic E-state index is 0.337. The Morgan fingerprint density at radius 1 is 1.03 bits per heavy atom. The van der Waals surface area contributed by atoms with Crippen LogP contribution in [0.5, 0.6) is 0 Å². The SMILES string of the molecule is CC(c1ccc(-c2ccc3cccnc3c2Cl)cc1)C1CCN(C(=O)C2CC2)CC1. The number of halogens is 1. The molecule has 0 N–H and O–H groups in total. The Balaban J connectivity index is 1.29. The maximum Gasteiger partial charge on any atom is 0.225 e. The second-order valence-corrected chi connectivity index (χ2v) is 9.23. The van der Waals surface area contributed by atoms with Crippen molar-refractivity contribution in [3.63, 3.8) is 0 Å².